The summed E-state index contributed by atoms with van der Waals surface area (Å²) in [5.74, 6) is 0.163. The van der Waals surface area contributed by atoms with Crippen LogP contribution in [0.2, 0.25) is 0 Å². The fourth-order valence-corrected chi connectivity index (χ4v) is 4.97. The molecule has 1 heterocycles. The Balaban J connectivity index is 1.39. The number of hydrogen-bond acceptors (Lipinski definition) is 6. The van der Waals surface area contributed by atoms with E-state index in [0.717, 1.165) is 5.56 Å². The highest BCUT2D eigenvalue weighted by Crippen LogP contribution is 2.42. The number of hydrogen-bond donors (Lipinski definition) is 0. The molecule has 1 unspecified atom stereocenters. The van der Waals surface area contributed by atoms with Crippen molar-refractivity contribution >= 4 is 5.78 Å². The van der Waals surface area contributed by atoms with Gasteiger partial charge in [-0.2, -0.15) is 0 Å². The van der Waals surface area contributed by atoms with Crippen molar-refractivity contribution < 1.29 is 32.5 Å². The summed E-state index contributed by atoms with van der Waals surface area (Å²) in [7, 11) is 0. The maximum Gasteiger partial charge on any atom is 0.189 e. The molecular weight excluding hydrogens is 468 g/mol. The standard InChI is InChI=1S/C28H35F2NO5/c1-3-33-18-35-25-14-21-13-22(27(32)23(21)15-26(25)36-19-34-4-2)16-28(30)9-11-31(12-10-28)17-20-7-5-6-8-24(20)29/h5-8,14-15,22H,3-4,9-13,16-19H2,1-2H3. The van der Waals surface area contributed by atoms with Crippen molar-refractivity contribution in [3.05, 3.63) is 58.9 Å². The fourth-order valence-electron chi connectivity index (χ4n) is 4.97. The summed E-state index contributed by atoms with van der Waals surface area (Å²) >= 11 is 0. The Morgan fingerprint density at radius 2 is 1.64 bits per heavy atom. The van der Waals surface area contributed by atoms with Gasteiger partial charge in [0, 0.05) is 49.9 Å². The average molecular weight is 504 g/mol. The van der Waals surface area contributed by atoms with Gasteiger partial charge in [-0.05, 0) is 63.3 Å². The molecule has 0 bridgehead atoms. The number of nitrogens with zero attached hydrogens (tertiary/aromatic N) is 1. The zero-order valence-electron chi connectivity index (χ0n) is 21.1. The van der Waals surface area contributed by atoms with Crippen molar-refractivity contribution in [3.63, 3.8) is 0 Å². The molecule has 1 aliphatic carbocycles. The molecule has 8 heteroatoms. The first-order valence-corrected chi connectivity index (χ1v) is 12.7. The van der Waals surface area contributed by atoms with Gasteiger partial charge in [-0.15, -0.1) is 0 Å². The summed E-state index contributed by atoms with van der Waals surface area (Å²) < 4.78 is 51.8. The highest BCUT2D eigenvalue weighted by Gasteiger charge is 2.42. The molecule has 1 aliphatic heterocycles. The van der Waals surface area contributed by atoms with Gasteiger partial charge in [-0.1, -0.05) is 18.2 Å². The van der Waals surface area contributed by atoms with Crippen LogP contribution in [0.5, 0.6) is 11.5 Å². The lowest BCUT2D eigenvalue weighted by Gasteiger charge is -2.37. The van der Waals surface area contributed by atoms with E-state index in [1.54, 1.807) is 24.3 Å². The zero-order chi connectivity index (χ0) is 25.5. The number of carbonyl (C=O) groups is 1. The molecule has 1 saturated heterocycles. The van der Waals surface area contributed by atoms with Crippen molar-refractivity contribution in [1.82, 2.24) is 4.90 Å². The van der Waals surface area contributed by atoms with Gasteiger partial charge in [0.1, 0.15) is 11.5 Å². The number of carbonyl (C=O) groups excluding carboxylic acids is 1. The number of ether oxygens (including phenoxy) is 4. The molecule has 1 fully saturated rings. The van der Waals surface area contributed by atoms with E-state index in [1.807, 2.05) is 19.9 Å². The van der Waals surface area contributed by atoms with E-state index in [-0.39, 0.29) is 31.6 Å². The predicted octanol–water partition coefficient (Wildman–Crippen LogP) is 5.32. The number of likely N-dealkylation sites (tertiary alicyclic amines) is 1. The Hall–Kier alpha value is -2.55. The number of Topliss-reactive ketones (excluding diaryl/α,β-unsaturated/α-hetero) is 1. The van der Waals surface area contributed by atoms with Crippen molar-refractivity contribution in [2.45, 2.75) is 51.7 Å². The van der Waals surface area contributed by atoms with Gasteiger partial charge in [0.05, 0.1) is 0 Å². The molecule has 2 aromatic rings. The third-order valence-electron chi connectivity index (χ3n) is 6.99. The quantitative estimate of drug-likeness (QED) is 0.289. The molecule has 36 heavy (non-hydrogen) atoms. The molecule has 0 amide bonds. The highest BCUT2D eigenvalue weighted by atomic mass is 19.1. The number of rotatable bonds is 12. The van der Waals surface area contributed by atoms with E-state index in [9.17, 15) is 9.18 Å². The largest absolute Gasteiger partial charge is 0.464 e. The lowest BCUT2D eigenvalue weighted by atomic mass is 9.82. The summed E-state index contributed by atoms with van der Waals surface area (Å²) in [5, 5.41) is 0. The van der Waals surface area contributed by atoms with Crippen LogP contribution in [0, 0.1) is 11.7 Å². The van der Waals surface area contributed by atoms with Crippen LogP contribution in [0.4, 0.5) is 8.78 Å². The normalized spacial score (nSPS) is 19.3. The van der Waals surface area contributed by atoms with E-state index in [2.05, 4.69) is 4.90 Å². The first-order valence-electron chi connectivity index (χ1n) is 12.7. The first-order chi connectivity index (χ1) is 17.4. The van der Waals surface area contributed by atoms with Gasteiger partial charge < -0.3 is 18.9 Å². The van der Waals surface area contributed by atoms with Crippen molar-refractivity contribution in [1.29, 1.82) is 0 Å². The summed E-state index contributed by atoms with van der Waals surface area (Å²) in [4.78, 5) is 15.3. The summed E-state index contributed by atoms with van der Waals surface area (Å²) in [5.41, 5.74) is 0.586. The van der Waals surface area contributed by atoms with E-state index < -0.39 is 11.6 Å². The predicted molar refractivity (Wildman–Crippen MR) is 132 cm³/mol. The van der Waals surface area contributed by atoms with Crippen molar-refractivity contribution in [2.75, 3.05) is 39.9 Å². The minimum atomic E-state index is -1.42. The van der Waals surface area contributed by atoms with Crippen LogP contribution in [0.3, 0.4) is 0 Å². The molecule has 0 radical (unpaired) electrons. The van der Waals surface area contributed by atoms with E-state index in [4.69, 9.17) is 18.9 Å². The Bertz CT molecular complexity index is 1040. The van der Waals surface area contributed by atoms with Crippen LogP contribution in [0.25, 0.3) is 0 Å². The number of alkyl halides is 1. The SMILES string of the molecule is CCOCOc1cc2c(cc1OCOCC)C(=O)C(CC1(F)CCN(Cc3ccccc3F)CC1)C2. The number of fused-ring (bicyclic) bond motifs is 1. The van der Waals surface area contributed by atoms with Gasteiger partial charge >= 0.3 is 0 Å². The van der Waals surface area contributed by atoms with Crippen molar-refractivity contribution in [2.24, 2.45) is 5.92 Å². The van der Waals surface area contributed by atoms with Gasteiger partial charge in [-0.25, -0.2) is 8.78 Å². The molecular formula is C28H35F2NO5. The van der Waals surface area contributed by atoms with E-state index in [0.29, 0.717) is 74.7 Å². The molecule has 0 spiro atoms. The molecule has 4 rings (SSSR count). The van der Waals surface area contributed by atoms with Crippen LogP contribution in [0.15, 0.2) is 36.4 Å². The number of piperidine rings is 1. The summed E-state index contributed by atoms with van der Waals surface area (Å²) in [6, 6.07) is 10.2. The smallest absolute Gasteiger partial charge is 0.189 e. The van der Waals surface area contributed by atoms with Gasteiger partial charge in [0.15, 0.2) is 30.9 Å². The highest BCUT2D eigenvalue weighted by molar-refractivity contribution is 6.03. The molecule has 2 aromatic carbocycles. The molecule has 0 saturated carbocycles. The molecule has 196 valence electrons. The van der Waals surface area contributed by atoms with Crippen LogP contribution in [-0.4, -0.2) is 56.2 Å². The van der Waals surface area contributed by atoms with Crippen LogP contribution < -0.4 is 9.47 Å². The summed E-state index contributed by atoms with van der Waals surface area (Å²) in [6.07, 6.45) is 1.30. The number of ketones is 1. The lowest BCUT2D eigenvalue weighted by Crippen LogP contribution is -2.43. The van der Waals surface area contributed by atoms with Gasteiger partial charge in [0.25, 0.3) is 0 Å². The maximum absolute atomic E-state index is 15.8. The second kappa shape index (κ2) is 12.1. The van der Waals surface area contributed by atoms with Crippen LogP contribution >= 0.6 is 0 Å². The Morgan fingerprint density at radius 3 is 2.28 bits per heavy atom. The van der Waals surface area contributed by atoms with Crippen LogP contribution in [-0.2, 0) is 22.4 Å². The topological polar surface area (TPSA) is 57.2 Å². The second-order valence-corrected chi connectivity index (χ2v) is 9.45. The van der Waals surface area contributed by atoms with Gasteiger partial charge in [-0.3, -0.25) is 9.69 Å². The van der Waals surface area contributed by atoms with Crippen molar-refractivity contribution in [3.8, 4) is 11.5 Å². The monoisotopic (exact) mass is 503 g/mol. The minimum Gasteiger partial charge on any atom is -0.464 e. The first kappa shape index (κ1) is 26.5. The Kier molecular flexibility index (Phi) is 8.93. The molecule has 6 nitrogen and oxygen atoms in total. The number of halogens is 2. The minimum absolute atomic E-state index is 0.0366. The fraction of sp³-hybridized carbons (Fsp3) is 0.536. The Labute approximate surface area is 211 Å². The van der Waals surface area contributed by atoms with Gasteiger partial charge in [0.2, 0.25) is 0 Å². The molecule has 1 atom stereocenters. The third kappa shape index (κ3) is 6.41. The average Bonchev–Trinajstić information content (AvgIpc) is 3.16. The third-order valence-corrected chi connectivity index (χ3v) is 6.99. The van der Waals surface area contributed by atoms with E-state index in [1.165, 1.54) is 6.07 Å². The molecule has 2 aliphatic rings. The Morgan fingerprint density at radius 1 is 1.00 bits per heavy atom. The number of benzene rings is 2. The van der Waals surface area contributed by atoms with Crippen LogP contribution in [0.1, 0.15) is 54.6 Å². The maximum atomic E-state index is 15.8. The molecule has 0 aromatic heterocycles. The summed E-state index contributed by atoms with van der Waals surface area (Å²) in [6.45, 7) is 6.37. The zero-order valence-corrected chi connectivity index (χ0v) is 21.1. The molecule has 0 N–H and O–H groups in total. The van der Waals surface area contributed by atoms with E-state index >= 15 is 4.39 Å². The second-order valence-electron chi connectivity index (χ2n) is 9.45. The lowest BCUT2D eigenvalue weighted by molar-refractivity contribution is 0.00600.